The number of carbonyl (C=O) groups is 3. The van der Waals surface area contributed by atoms with Crippen molar-refractivity contribution in [2.75, 3.05) is 12.4 Å². The fraction of sp³-hybridized carbons (Fsp3) is 0.727. The first-order chi connectivity index (χ1) is 8.87. The Labute approximate surface area is 117 Å². The molecule has 0 rings (SSSR count). The molecule has 0 aromatic rings. The predicted octanol–water partition coefficient (Wildman–Crippen LogP) is -1.94. The molecule has 0 spiro atoms. The van der Waals surface area contributed by atoms with Crippen molar-refractivity contribution in [3.8, 4) is 0 Å². The van der Waals surface area contributed by atoms with Crippen LogP contribution in [0.3, 0.4) is 0 Å². The molecule has 0 radical (unpaired) electrons. The quantitative estimate of drug-likeness (QED) is 0.263. The Morgan fingerprint density at radius 1 is 1.32 bits per heavy atom. The topological polar surface area (TPSA) is 122 Å². The van der Waals surface area contributed by atoms with Crippen LogP contribution in [0.15, 0.2) is 0 Å². The molecule has 0 aromatic carbocycles. The molecule has 0 aromatic heterocycles. The number of hydrogen-bond acceptors (Lipinski definition) is 6. The highest BCUT2D eigenvalue weighted by Crippen LogP contribution is 1.99. The van der Waals surface area contributed by atoms with Crippen molar-refractivity contribution in [3.63, 3.8) is 0 Å². The van der Waals surface area contributed by atoms with E-state index in [-0.39, 0.29) is 11.7 Å². The normalized spacial score (nSPS) is 15.5. The van der Waals surface area contributed by atoms with Crippen molar-refractivity contribution >= 4 is 30.7 Å². The maximum atomic E-state index is 11.8. The summed E-state index contributed by atoms with van der Waals surface area (Å²) >= 11 is 3.86. The van der Waals surface area contributed by atoms with Crippen LogP contribution in [0.5, 0.6) is 0 Å². The minimum Gasteiger partial charge on any atom is -0.394 e. The van der Waals surface area contributed by atoms with E-state index in [1.807, 2.05) is 0 Å². The lowest BCUT2D eigenvalue weighted by molar-refractivity contribution is -0.131. The number of nitrogens with two attached hydrogens (primary N) is 1. The van der Waals surface area contributed by atoms with Crippen molar-refractivity contribution < 1.29 is 19.5 Å². The van der Waals surface area contributed by atoms with Crippen LogP contribution in [0.1, 0.15) is 13.8 Å². The van der Waals surface area contributed by atoms with E-state index in [0.717, 1.165) is 0 Å². The largest absolute Gasteiger partial charge is 0.394 e. The second kappa shape index (κ2) is 8.89. The minimum atomic E-state index is -1.14. The fourth-order valence-corrected chi connectivity index (χ4v) is 1.34. The van der Waals surface area contributed by atoms with Crippen molar-refractivity contribution in [3.05, 3.63) is 0 Å². The Morgan fingerprint density at radius 3 is 2.26 bits per heavy atom. The van der Waals surface area contributed by atoms with Crippen LogP contribution in [0.25, 0.3) is 0 Å². The van der Waals surface area contributed by atoms with E-state index < -0.39 is 36.5 Å². The van der Waals surface area contributed by atoms with Gasteiger partial charge in [0.25, 0.3) is 0 Å². The van der Waals surface area contributed by atoms with Crippen molar-refractivity contribution in [2.45, 2.75) is 32.0 Å². The zero-order valence-corrected chi connectivity index (χ0v) is 11.9. The lowest BCUT2D eigenvalue weighted by Gasteiger charge is -2.22. The Kier molecular flexibility index (Phi) is 8.37. The van der Waals surface area contributed by atoms with Gasteiger partial charge in [-0.25, -0.2) is 0 Å². The first-order valence-corrected chi connectivity index (χ1v) is 6.53. The van der Waals surface area contributed by atoms with Crippen molar-refractivity contribution in [1.82, 2.24) is 10.6 Å². The minimum absolute atomic E-state index is 0.0869. The summed E-state index contributed by atoms with van der Waals surface area (Å²) in [5.41, 5.74) is 5.44. The van der Waals surface area contributed by atoms with Gasteiger partial charge in [0.05, 0.1) is 18.7 Å². The molecule has 110 valence electrons. The summed E-state index contributed by atoms with van der Waals surface area (Å²) in [4.78, 5) is 34.1. The smallest absolute Gasteiger partial charge is 0.245 e. The maximum absolute atomic E-state index is 11.8. The van der Waals surface area contributed by atoms with Crippen LogP contribution < -0.4 is 16.4 Å². The molecule has 0 saturated carbocycles. The van der Waals surface area contributed by atoms with Crippen molar-refractivity contribution in [1.29, 1.82) is 0 Å². The molecule has 0 saturated heterocycles. The average Bonchev–Trinajstić information content (AvgIpc) is 2.39. The average molecular weight is 291 g/mol. The van der Waals surface area contributed by atoms with Gasteiger partial charge >= 0.3 is 0 Å². The van der Waals surface area contributed by atoms with Gasteiger partial charge in [-0.1, -0.05) is 13.8 Å². The third kappa shape index (κ3) is 6.04. The van der Waals surface area contributed by atoms with Crippen LogP contribution >= 0.6 is 12.6 Å². The fourth-order valence-electron chi connectivity index (χ4n) is 1.18. The van der Waals surface area contributed by atoms with Gasteiger partial charge in [0.2, 0.25) is 11.8 Å². The Morgan fingerprint density at radius 2 is 1.89 bits per heavy atom. The number of thiol groups is 1. The lowest BCUT2D eigenvalue weighted by Crippen LogP contribution is -2.56. The molecule has 3 atom stereocenters. The van der Waals surface area contributed by atoms with Crippen LogP contribution in [0.4, 0.5) is 0 Å². The number of nitrogens with one attached hydrogen (secondary N) is 2. The van der Waals surface area contributed by atoms with Gasteiger partial charge in [-0.3, -0.25) is 9.59 Å². The Balaban J connectivity index is 4.56. The summed E-state index contributed by atoms with van der Waals surface area (Å²) in [6.07, 6.45) is 0.609. The summed E-state index contributed by atoms with van der Waals surface area (Å²) in [5.74, 6) is -1.19. The SMILES string of the molecule is CC(C)[C@@H](C=O)NC(=O)[C@H](CO)NC(=O)[C@@H](N)CS. The third-order valence-electron chi connectivity index (χ3n) is 2.52. The van der Waals surface area contributed by atoms with Crippen LogP contribution in [0, 0.1) is 5.92 Å². The first kappa shape index (κ1) is 17.9. The zero-order chi connectivity index (χ0) is 15.0. The molecule has 8 heteroatoms. The number of amides is 2. The Bertz CT molecular complexity index is 325. The van der Waals surface area contributed by atoms with Gasteiger partial charge in [0.1, 0.15) is 12.3 Å². The summed E-state index contributed by atoms with van der Waals surface area (Å²) < 4.78 is 0. The van der Waals surface area contributed by atoms with E-state index >= 15 is 0 Å². The van der Waals surface area contributed by atoms with Gasteiger partial charge in [-0.05, 0) is 5.92 Å². The molecule has 0 bridgehead atoms. The highest BCUT2D eigenvalue weighted by molar-refractivity contribution is 7.80. The summed E-state index contributed by atoms with van der Waals surface area (Å²) in [7, 11) is 0. The highest BCUT2D eigenvalue weighted by Gasteiger charge is 2.25. The standard InChI is InChI=1S/C11H21N3O4S/c1-6(2)8(3-15)13-11(18)9(4-16)14-10(17)7(12)5-19/h3,6-9,16,19H,4-5,12H2,1-2H3,(H,13,18)(H,14,17)/t7-,8+,9-/m0/s1. The summed E-state index contributed by atoms with van der Waals surface area (Å²) in [6.45, 7) is 2.95. The molecular formula is C11H21N3O4S. The number of hydrogen-bond donors (Lipinski definition) is 5. The van der Waals surface area contributed by atoms with E-state index in [9.17, 15) is 14.4 Å². The summed E-state index contributed by atoms with van der Waals surface area (Å²) in [5, 5.41) is 13.8. The van der Waals surface area contributed by atoms with Gasteiger partial charge in [-0.15, -0.1) is 0 Å². The summed E-state index contributed by atoms with van der Waals surface area (Å²) in [6, 6.07) is -2.67. The number of aldehydes is 1. The third-order valence-corrected chi connectivity index (χ3v) is 2.92. The zero-order valence-electron chi connectivity index (χ0n) is 11.0. The van der Waals surface area contributed by atoms with E-state index in [2.05, 4.69) is 23.3 Å². The number of carbonyl (C=O) groups excluding carboxylic acids is 3. The predicted molar refractivity (Wildman–Crippen MR) is 73.7 cm³/mol. The van der Waals surface area contributed by atoms with E-state index in [1.165, 1.54) is 0 Å². The monoisotopic (exact) mass is 291 g/mol. The Hall–Kier alpha value is -1.12. The second-order valence-electron chi connectivity index (χ2n) is 4.45. The van der Waals surface area contributed by atoms with E-state index in [0.29, 0.717) is 6.29 Å². The molecule has 0 aliphatic rings. The van der Waals surface area contributed by atoms with E-state index in [1.54, 1.807) is 13.8 Å². The van der Waals surface area contributed by atoms with Crippen LogP contribution in [0.2, 0.25) is 0 Å². The highest BCUT2D eigenvalue weighted by atomic mass is 32.1. The molecule has 19 heavy (non-hydrogen) atoms. The molecular weight excluding hydrogens is 270 g/mol. The van der Waals surface area contributed by atoms with Gasteiger partial charge in [0, 0.05) is 5.75 Å². The lowest BCUT2D eigenvalue weighted by atomic mass is 10.1. The van der Waals surface area contributed by atoms with E-state index in [4.69, 9.17) is 10.8 Å². The molecule has 0 unspecified atom stereocenters. The molecule has 2 amide bonds. The molecule has 0 aliphatic heterocycles. The number of rotatable bonds is 8. The van der Waals surface area contributed by atoms with Crippen LogP contribution in [-0.4, -0.2) is 53.7 Å². The second-order valence-corrected chi connectivity index (χ2v) is 4.81. The molecule has 5 N–H and O–H groups in total. The molecule has 0 fully saturated rings. The number of aliphatic hydroxyl groups excluding tert-OH is 1. The van der Waals surface area contributed by atoms with Gasteiger partial charge < -0.3 is 26.3 Å². The molecule has 0 aliphatic carbocycles. The molecule has 7 nitrogen and oxygen atoms in total. The first-order valence-electron chi connectivity index (χ1n) is 5.90. The van der Waals surface area contributed by atoms with Crippen LogP contribution in [-0.2, 0) is 14.4 Å². The van der Waals surface area contributed by atoms with Gasteiger partial charge in [0.15, 0.2) is 0 Å². The van der Waals surface area contributed by atoms with Gasteiger partial charge in [-0.2, -0.15) is 12.6 Å². The van der Waals surface area contributed by atoms with Crippen molar-refractivity contribution in [2.24, 2.45) is 11.7 Å². The number of aliphatic hydroxyl groups is 1. The molecule has 0 heterocycles. The maximum Gasteiger partial charge on any atom is 0.245 e.